The molecule has 0 amide bonds. The summed E-state index contributed by atoms with van der Waals surface area (Å²) in [5.74, 6) is 1.28. The summed E-state index contributed by atoms with van der Waals surface area (Å²) in [5.41, 5.74) is 0. The van der Waals surface area contributed by atoms with E-state index in [4.69, 9.17) is 11.6 Å². The van der Waals surface area contributed by atoms with E-state index in [0.717, 1.165) is 25.9 Å². The van der Waals surface area contributed by atoms with Crippen molar-refractivity contribution in [2.45, 2.75) is 24.1 Å². The first kappa shape index (κ1) is 7.60. The Morgan fingerprint density at radius 2 is 1.83 bits per heavy atom. The van der Waals surface area contributed by atoms with Crippen LogP contribution in [0.25, 0.3) is 0 Å². The highest BCUT2D eigenvalue weighted by atomic mass is 35.5. The minimum atomic E-state index is -0.105. The number of alkyl halides is 1. The normalized spacial score (nSPS) is 62.5. The fourth-order valence-electron chi connectivity index (χ4n) is 3.82. The maximum atomic E-state index is 12.1. The van der Waals surface area contributed by atoms with Gasteiger partial charge >= 0.3 is 0 Å². The van der Waals surface area contributed by atoms with Crippen LogP contribution in [0.15, 0.2) is 0 Å². The van der Waals surface area contributed by atoms with Crippen molar-refractivity contribution in [1.82, 2.24) is 0 Å². The summed E-state index contributed by atoms with van der Waals surface area (Å²) in [6.07, 6.45) is 3.48. The number of piperidine rings is 3. The highest BCUT2D eigenvalue weighted by Gasteiger charge is 2.54. The van der Waals surface area contributed by atoms with Crippen LogP contribution in [0.4, 0.5) is 0 Å². The molecular weight excluding hydrogens is 174 g/mol. The van der Waals surface area contributed by atoms with Crippen molar-refractivity contribution < 1.29 is 4.65 Å². The molecule has 0 radical (unpaired) electrons. The molecule has 0 N–H and O–H groups in total. The Morgan fingerprint density at radius 1 is 1.25 bits per heavy atom. The van der Waals surface area contributed by atoms with Crippen LogP contribution in [0.3, 0.4) is 0 Å². The number of halogens is 1. The van der Waals surface area contributed by atoms with E-state index in [1.807, 2.05) is 0 Å². The minimum Gasteiger partial charge on any atom is -0.633 e. The van der Waals surface area contributed by atoms with Crippen molar-refractivity contribution in [3.8, 4) is 0 Å². The average molecular weight is 188 g/mol. The van der Waals surface area contributed by atoms with Gasteiger partial charge in [-0.05, 0) is 19.3 Å². The van der Waals surface area contributed by atoms with Gasteiger partial charge < -0.3 is 9.85 Å². The van der Waals surface area contributed by atoms with E-state index < -0.39 is 0 Å². The topological polar surface area (TPSA) is 23.1 Å². The van der Waals surface area contributed by atoms with Crippen LogP contribution >= 0.6 is 11.6 Å². The van der Waals surface area contributed by atoms with Crippen molar-refractivity contribution in [1.29, 1.82) is 0 Å². The monoisotopic (exact) mass is 187 g/mol. The lowest BCUT2D eigenvalue weighted by atomic mass is 9.67. The first-order valence-corrected chi connectivity index (χ1v) is 5.21. The molecule has 1 saturated carbocycles. The van der Waals surface area contributed by atoms with Crippen molar-refractivity contribution in [3.05, 3.63) is 5.21 Å². The van der Waals surface area contributed by atoms with Crippen LogP contribution in [0, 0.1) is 17.0 Å². The molecule has 0 spiro atoms. The third-order valence-corrected chi connectivity index (χ3v) is 4.16. The number of quaternary nitrogens is 1. The molecular formula is C9H14ClNO. The quantitative estimate of drug-likeness (QED) is 0.322. The number of hydroxylamine groups is 3. The highest BCUT2D eigenvalue weighted by Crippen LogP contribution is 2.51. The zero-order valence-corrected chi connectivity index (χ0v) is 7.89. The van der Waals surface area contributed by atoms with Gasteiger partial charge in [-0.2, -0.15) is 0 Å². The lowest BCUT2D eigenvalue weighted by Gasteiger charge is -2.63. The Balaban J connectivity index is 1.98. The Bertz CT molecular complexity index is 197. The van der Waals surface area contributed by atoms with Crippen molar-refractivity contribution in [2.24, 2.45) is 11.8 Å². The van der Waals surface area contributed by atoms with Gasteiger partial charge in [-0.3, -0.25) is 0 Å². The largest absolute Gasteiger partial charge is 0.633 e. The van der Waals surface area contributed by atoms with Crippen molar-refractivity contribution >= 4 is 11.6 Å². The Kier molecular flexibility index (Phi) is 1.26. The van der Waals surface area contributed by atoms with Gasteiger partial charge in [0.2, 0.25) is 0 Å². The smallest absolute Gasteiger partial charge is 0.0979 e. The molecule has 3 saturated heterocycles. The van der Waals surface area contributed by atoms with Crippen LogP contribution < -0.4 is 0 Å². The van der Waals surface area contributed by atoms with E-state index in [2.05, 4.69) is 0 Å². The Hall–Kier alpha value is 0.210. The third-order valence-electron chi connectivity index (χ3n) is 3.73. The molecule has 12 heavy (non-hydrogen) atoms. The first-order chi connectivity index (χ1) is 5.57. The predicted molar refractivity (Wildman–Crippen MR) is 47.6 cm³/mol. The summed E-state index contributed by atoms with van der Waals surface area (Å²) in [5, 5.41) is 12.1. The molecule has 4 atom stereocenters. The first-order valence-electron chi connectivity index (χ1n) is 4.83. The molecule has 2 unspecified atom stereocenters. The zero-order chi connectivity index (χ0) is 8.40. The van der Waals surface area contributed by atoms with Crippen LogP contribution in [0.5, 0.6) is 0 Å². The number of rotatable bonds is 0. The summed E-state index contributed by atoms with van der Waals surface area (Å²) < 4.78 is 0.0266. The predicted octanol–water partition coefficient (Wildman–Crippen LogP) is 1.72. The highest BCUT2D eigenvalue weighted by molar-refractivity contribution is 6.24. The molecule has 68 valence electrons. The molecule has 2 nitrogen and oxygen atoms in total. The van der Waals surface area contributed by atoms with Gasteiger partial charge in [-0.1, -0.05) is 0 Å². The van der Waals surface area contributed by atoms with Gasteiger partial charge in [0.1, 0.15) is 0 Å². The molecule has 4 bridgehead atoms. The van der Waals surface area contributed by atoms with E-state index >= 15 is 0 Å². The second-order valence-corrected chi connectivity index (χ2v) is 5.91. The van der Waals surface area contributed by atoms with Gasteiger partial charge in [0.15, 0.2) is 0 Å². The zero-order valence-electron chi connectivity index (χ0n) is 7.13. The molecule has 3 heteroatoms. The summed E-state index contributed by atoms with van der Waals surface area (Å²) in [7, 11) is 0. The fraction of sp³-hybridized carbons (Fsp3) is 1.00. The van der Waals surface area contributed by atoms with E-state index in [-0.39, 0.29) is 9.52 Å². The third kappa shape index (κ3) is 0.949. The van der Waals surface area contributed by atoms with Crippen LogP contribution in [0.2, 0.25) is 0 Å². The van der Waals surface area contributed by atoms with E-state index in [0.29, 0.717) is 18.4 Å². The minimum absolute atomic E-state index is 0.0266. The van der Waals surface area contributed by atoms with Crippen LogP contribution in [-0.4, -0.2) is 29.2 Å². The number of hydrogen-bond acceptors (Lipinski definition) is 1. The van der Waals surface area contributed by atoms with E-state index in [1.165, 1.54) is 6.42 Å². The number of nitrogens with zero attached hydrogens (tertiary/aromatic N) is 1. The average Bonchev–Trinajstić information content (AvgIpc) is 1.75. The van der Waals surface area contributed by atoms with Gasteiger partial charge in [0, 0.05) is 11.8 Å². The van der Waals surface area contributed by atoms with Gasteiger partial charge in [-0.15, -0.1) is 11.6 Å². The summed E-state index contributed by atoms with van der Waals surface area (Å²) >= 11 is 6.40. The fourth-order valence-corrected chi connectivity index (χ4v) is 4.48. The SMILES string of the molecule is [O-][N+]12C[C@@H]3C[C@@H](CC(Cl)(C3)C1)C2. The molecule has 0 aromatic carbocycles. The lowest BCUT2D eigenvalue weighted by Crippen LogP contribution is -2.67. The molecule has 1 aliphatic carbocycles. The molecule has 3 aliphatic heterocycles. The maximum absolute atomic E-state index is 12.1. The molecule has 4 fully saturated rings. The maximum Gasteiger partial charge on any atom is 0.0979 e. The van der Waals surface area contributed by atoms with E-state index in [9.17, 15) is 5.21 Å². The Morgan fingerprint density at radius 3 is 2.25 bits per heavy atom. The molecule has 4 aliphatic rings. The van der Waals surface area contributed by atoms with E-state index in [1.54, 1.807) is 0 Å². The molecule has 0 aromatic heterocycles. The van der Waals surface area contributed by atoms with Crippen LogP contribution in [-0.2, 0) is 0 Å². The summed E-state index contributed by atoms with van der Waals surface area (Å²) in [6, 6.07) is 0. The van der Waals surface area contributed by atoms with Gasteiger partial charge in [-0.25, -0.2) is 0 Å². The van der Waals surface area contributed by atoms with Crippen LogP contribution in [0.1, 0.15) is 19.3 Å². The second kappa shape index (κ2) is 1.99. The summed E-state index contributed by atoms with van der Waals surface area (Å²) in [4.78, 5) is -0.105. The van der Waals surface area contributed by atoms with Gasteiger partial charge in [0.05, 0.1) is 24.5 Å². The number of hydrogen-bond donors (Lipinski definition) is 0. The molecule has 4 rings (SSSR count). The van der Waals surface area contributed by atoms with Gasteiger partial charge in [0.25, 0.3) is 0 Å². The lowest BCUT2D eigenvalue weighted by molar-refractivity contribution is -0.907. The molecule has 3 heterocycles. The standard InChI is InChI=1S/C9H14ClNO/c10-9-2-7-1-8(3-9)5-11(12,4-7)6-9/h7-8H,1-6H2/t7-,8+,9?,11?. The van der Waals surface area contributed by atoms with Crippen molar-refractivity contribution in [2.75, 3.05) is 19.6 Å². The molecule has 0 aromatic rings. The summed E-state index contributed by atoms with van der Waals surface area (Å²) in [6.45, 7) is 2.39. The van der Waals surface area contributed by atoms with Crippen molar-refractivity contribution in [3.63, 3.8) is 0 Å². The second-order valence-electron chi connectivity index (χ2n) is 5.11. The Labute approximate surface area is 77.7 Å².